The lowest BCUT2D eigenvalue weighted by molar-refractivity contribution is 0.171. The third-order valence-electron chi connectivity index (χ3n) is 4.08. The average Bonchev–Trinajstić information content (AvgIpc) is 3.22. The summed E-state index contributed by atoms with van der Waals surface area (Å²) in [6.07, 6.45) is 0.447. The van der Waals surface area contributed by atoms with Crippen LogP contribution in [-0.2, 0) is 13.0 Å². The van der Waals surface area contributed by atoms with Crippen molar-refractivity contribution in [2.45, 2.75) is 19.9 Å². The van der Waals surface area contributed by atoms with Crippen LogP contribution in [0.15, 0.2) is 28.7 Å². The van der Waals surface area contributed by atoms with E-state index in [4.69, 9.17) is 25.5 Å². The highest BCUT2D eigenvalue weighted by Crippen LogP contribution is 2.36. The Bertz CT molecular complexity index is 935. The van der Waals surface area contributed by atoms with E-state index < -0.39 is 0 Å². The number of aromatic nitrogens is 3. The molecule has 8 heteroatoms. The molecular formula is C18H18ClN3O4. The Kier molecular flexibility index (Phi) is 4.57. The van der Waals surface area contributed by atoms with Crippen LogP contribution in [-0.4, -0.2) is 39.7 Å². The maximum atomic E-state index is 9.33. The van der Waals surface area contributed by atoms with Crippen LogP contribution in [0, 0.1) is 6.92 Å². The first-order chi connectivity index (χ1) is 12.6. The number of furan rings is 1. The summed E-state index contributed by atoms with van der Waals surface area (Å²) in [5.41, 5.74) is 0.852. The molecule has 1 aromatic carbocycles. The minimum absolute atomic E-state index is 0.0398. The Labute approximate surface area is 155 Å². The molecule has 26 heavy (non-hydrogen) atoms. The lowest BCUT2D eigenvalue weighted by atomic mass is 10.1. The van der Waals surface area contributed by atoms with Gasteiger partial charge in [0.15, 0.2) is 17.3 Å². The van der Waals surface area contributed by atoms with Gasteiger partial charge in [0.25, 0.3) is 0 Å². The van der Waals surface area contributed by atoms with Gasteiger partial charge in [0, 0.05) is 17.5 Å². The molecule has 0 saturated heterocycles. The number of ether oxygens (including phenoxy) is 2. The number of aryl methyl sites for hydroxylation is 1. The molecule has 1 aliphatic heterocycles. The second-order valence-electron chi connectivity index (χ2n) is 5.97. The Morgan fingerprint density at radius 2 is 1.96 bits per heavy atom. The van der Waals surface area contributed by atoms with Gasteiger partial charge in [-0.05, 0) is 30.7 Å². The maximum Gasteiger partial charge on any atom is 0.217 e. The van der Waals surface area contributed by atoms with E-state index >= 15 is 0 Å². The lowest BCUT2D eigenvalue weighted by Crippen LogP contribution is -2.16. The fourth-order valence-corrected chi connectivity index (χ4v) is 3.07. The van der Waals surface area contributed by atoms with E-state index in [2.05, 4.69) is 10.1 Å². The van der Waals surface area contributed by atoms with E-state index in [0.29, 0.717) is 60.1 Å². The van der Waals surface area contributed by atoms with Crippen LogP contribution in [0.2, 0.25) is 5.02 Å². The van der Waals surface area contributed by atoms with Crippen LogP contribution in [0.25, 0.3) is 11.6 Å². The van der Waals surface area contributed by atoms with Crippen molar-refractivity contribution in [2.75, 3.05) is 19.8 Å². The van der Waals surface area contributed by atoms with Crippen molar-refractivity contribution in [3.05, 3.63) is 46.4 Å². The van der Waals surface area contributed by atoms with Gasteiger partial charge in [-0.1, -0.05) is 11.6 Å². The fraction of sp³-hybridized carbons (Fsp3) is 0.333. The molecule has 0 amide bonds. The summed E-state index contributed by atoms with van der Waals surface area (Å²) in [7, 11) is 0. The number of halogens is 1. The van der Waals surface area contributed by atoms with Gasteiger partial charge in [-0.15, -0.1) is 5.10 Å². The largest absolute Gasteiger partial charge is 0.486 e. The first kappa shape index (κ1) is 16.9. The highest BCUT2D eigenvalue weighted by atomic mass is 35.5. The van der Waals surface area contributed by atoms with Crippen LogP contribution in [0.5, 0.6) is 11.5 Å². The van der Waals surface area contributed by atoms with Gasteiger partial charge in [0.2, 0.25) is 5.82 Å². The zero-order valence-electron chi connectivity index (χ0n) is 14.2. The SMILES string of the molecule is Cc1ccc(-c2nc(Cc3cc4c(cc3Cl)OCCO4)n(CCO)n2)o1. The number of fused-ring (bicyclic) bond motifs is 1. The number of hydrogen-bond acceptors (Lipinski definition) is 6. The number of hydrogen-bond donors (Lipinski definition) is 1. The second kappa shape index (κ2) is 7.01. The standard InChI is InChI=1S/C18H18ClN3O4/c1-11-2-3-14(26-11)18-20-17(22(21-18)4-5-23)9-12-8-15-16(10-13(12)19)25-7-6-24-15/h2-3,8,10,23H,4-7,9H2,1H3. The number of aliphatic hydroxyl groups is 1. The van der Waals surface area contributed by atoms with Crippen molar-refractivity contribution in [3.63, 3.8) is 0 Å². The monoisotopic (exact) mass is 375 g/mol. The molecule has 1 aliphatic rings. The smallest absolute Gasteiger partial charge is 0.217 e. The van der Waals surface area contributed by atoms with E-state index in [1.807, 2.05) is 25.1 Å². The summed E-state index contributed by atoms with van der Waals surface area (Å²) < 4.78 is 18.4. The van der Waals surface area contributed by atoms with Crippen LogP contribution in [0.3, 0.4) is 0 Å². The normalized spacial score (nSPS) is 13.2. The molecule has 0 bridgehead atoms. The number of benzene rings is 1. The Hall–Kier alpha value is -2.51. The van der Waals surface area contributed by atoms with E-state index in [0.717, 1.165) is 11.3 Å². The van der Waals surface area contributed by atoms with Crippen molar-refractivity contribution < 1.29 is 19.0 Å². The third kappa shape index (κ3) is 3.27. The van der Waals surface area contributed by atoms with Gasteiger partial charge < -0.3 is 19.0 Å². The zero-order valence-corrected chi connectivity index (χ0v) is 15.0. The first-order valence-electron chi connectivity index (χ1n) is 8.33. The van der Waals surface area contributed by atoms with Gasteiger partial charge in [-0.3, -0.25) is 0 Å². The molecule has 3 heterocycles. The van der Waals surface area contributed by atoms with E-state index in [9.17, 15) is 5.11 Å². The average molecular weight is 376 g/mol. The lowest BCUT2D eigenvalue weighted by Gasteiger charge is -2.19. The number of aliphatic hydroxyl groups excluding tert-OH is 1. The highest BCUT2D eigenvalue weighted by Gasteiger charge is 2.19. The highest BCUT2D eigenvalue weighted by molar-refractivity contribution is 6.31. The van der Waals surface area contributed by atoms with Gasteiger partial charge in [0.05, 0.1) is 13.2 Å². The van der Waals surface area contributed by atoms with Crippen molar-refractivity contribution in [2.24, 2.45) is 0 Å². The topological polar surface area (TPSA) is 82.5 Å². The molecule has 0 fully saturated rings. The predicted octanol–water partition coefficient (Wildman–Crippen LogP) is 2.85. The van der Waals surface area contributed by atoms with Crippen molar-refractivity contribution >= 4 is 11.6 Å². The second-order valence-corrected chi connectivity index (χ2v) is 6.38. The maximum absolute atomic E-state index is 9.33. The molecular weight excluding hydrogens is 358 g/mol. The summed E-state index contributed by atoms with van der Waals surface area (Å²) in [5.74, 6) is 3.86. The van der Waals surface area contributed by atoms with Crippen LogP contribution >= 0.6 is 11.6 Å². The van der Waals surface area contributed by atoms with Crippen LogP contribution in [0.1, 0.15) is 17.1 Å². The van der Waals surface area contributed by atoms with Gasteiger partial charge in [-0.2, -0.15) is 0 Å². The third-order valence-corrected chi connectivity index (χ3v) is 4.43. The van der Waals surface area contributed by atoms with Crippen molar-refractivity contribution in [3.8, 4) is 23.1 Å². The van der Waals surface area contributed by atoms with E-state index in [1.54, 1.807) is 10.7 Å². The molecule has 2 aromatic heterocycles. The first-order valence-corrected chi connectivity index (χ1v) is 8.71. The number of nitrogens with zero attached hydrogens (tertiary/aromatic N) is 3. The molecule has 4 rings (SSSR count). The molecule has 7 nitrogen and oxygen atoms in total. The summed E-state index contributed by atoms with van der Waals surface area (Å²) in [6, 6.07) is 7.31. The van der Waals surface area contributed by atoms with E-state index in [1.165, 1.54) is 0 Å². The van der Waals surface area contributed by atoms with Crippen LogP contribution in [0.4, 0.5) is 0 Å². The summed E-state index contributed by atoms with van der Waals surface area (Å²) in [5, 5.41) is 14.4. The molecule has 0 atom stereocenters. The van der Waals surface area contributed by atoms with Crippen molar-refractivity contribution in [1.82, 2.24) is 14.8 Å². The van der Waals surface area contributed by atoms with Gasteiger partial charge >= 0.3 is 0 Å². The van der Waals surface area contributed by atoms with Crippen molar-refractivity contribution in [1.29, 1.82) is 0 Å². The minimum Gasteiger partial charge on any atom is -0.486 e. The molecule has 0 radical (unpaired) electrons. The zero-order chi connectivity index (χ0) is 18.1. The van der Waals surface area contributed by atoms with E-state index in [-0.39, 0.29) is 6.61 Å². The molecule has 3 aromatic rings. The molecule has 1 N–H and O–H groups in total. The summed E-state index contributed by atoms with van der Waals surface area (Å²) >= 11 is 6.41. The predicted molar refractivity (Wildman–Crippen MR) is 94.8 cm³/mol. The molecule has 0 unspecified atom stereocenters. The van der Waals surface area contributed by atoms with Crippen LogP contribution < -0.4 is 9.47 Å². The van der Waals surface area contributed by atoms with Gasteiger partial charge in [-0.25, -0.2) is 9.67 Å². The molecule has 136 valence electrons. The Morgan fingerprint density at radius 3 is 2.65 bits per heavy atom. The minimum atomic E-state index is -0.0398. The summed E-state index contributed by atoms with van der Waals surface area (Å²) in [6.45, 7) is 3.19. The summed E-state index contributed by atoms with van der Waals surface area (Å²) in [4.78, 5) is 4.58. The molecule has 0 spiro atoms. The Balaban J connectivity index is 1.68. The quantitative estimate of drug-likeness (QED) is 0.738. The fourth-order valence-electron chi connectivity index (χ4n) is 2.85. The van der Waals surface area contributed by atoms with Gasteiger partial charge in [0.1, 0.15) is 24.8 Å². The molecule has 0 aliphatic carbocycles. The number of rotatable bonds is 5. The Morgan fingerprint density at radius 1 is 1.19 bits per heavy atom. The molecule has 0 saturated carbocycles.